The van der Waals surface area contributed by atoms with Crippen LogP contribution in [0.25, 0.3) is 10.9 Å². The summed E-state index contributed by atoms with van der Waals surface area (Å²) in [5.41, 5.74) is 4.80. The van der Waals surface area contributed by atoms with Gasteiger partial charge in [0.1, 0.15) is 0 Å². The Bertz CT molecular complexity index is 1310. The molecule has 5 rings (SSSR count). The number of anilines is 1. The number of hydrogen-bond acceptors (Lipinski definition) is 4. The number of benzene rings is 2. The zero-order valence-corrected chi connectivity index (χ0v) is 19.7. The van der Waals surface area contributed by atoms with Crippen molar-refractivity contribution in [2.45, 2.75) is 50.3 Å². The molecule has 33 heavy (non-hydrogen) atoms. The highest BCUT2D eigenvalue weighted by Crippen LogP contribution is 2.29. The Kier molecular flexibility index (Phi) is 5.93. The van der Waals surface area contributed by atoms with Crippen LogP contribution < -0.4 is 5.32 Å². The Balaban J connectivity index is 1.26. The summed E-state index contributed by atoms with van der Waals surface area (Å²) in [7, 11) is -3.55. The van der Waals surface area contributed by atoms with Crippen LogP contribution in [0, 0.1) is 12.8 Å². The lowest BCUT2D eigenvalue weighted by Gasteiger charge is -2.31. The minimum Gasteiger partial charge on any atom is -0.324 e. The molecule has 6 nitrogen and oxygen atoms in total. The van der Waals surface area contributed by atoms with Gasteiger partial charge in [0.15, 0.2) is 0 Å². The number of carbonyl (C=O) groups excluding carboxylic acids is 1. The minimum absolute atomic E-state index is 0.0726. The molecule has 7 heteroatoms. The molecule has 0 spiro atoms. The lowest BCUT2D eigenvalue weighted by atomic mass is 9.92. The van der Waals surface area contributed by atoms with Crippen molar-refractivity contribution >= 4 is 32.5 Å². The predicted octanol–water partition coefficient (Wildman–Crippen LogP) is 4.46. The van der Waals surface area contributed by atoms with Gasteiger partial charge in [-0.05, 0) is 80.8 Å². The molecule has 0 unspecified atom stereocenters. The Morgan fingerprint density at radius 2 is 1.76 bits per heavy atom. The van der Waals surface area contributed by atoms with Gasteiger partial charge in [-0.3, -0.25) is 9.78 Å². The van der Waals surface area contributed by atoms with Crippen molar-refractivity contribution in [3.8, 4) is 0 Å². The summed E-state index contributed by atoms with van der Waals surface area (Å²) in [5, 5.41) is 4.01. The molecule has 2 aliphatic rings. The third-order valence-corrected chi connectivity index (χ3v) is 8.79. The SMILES string of the molecule is Cc1ccc2cccc(NC(=O)C3CCN(S(=O)(=O)c4ccc5c(c4)CCCC5)CC3)c2n1. The molecule has 2 heterocycles. The average molecular weight is 464 g/mol. The smallest absolute Gasteiger partial charge is 0.243 e. The van der Waals surface area contributed by atoms with Gasteiger partial charge in [0.2, 0.25) is 15.9 Å². The van der Waals surface area contributed by atoms with Gasteiger partial charge in [0, 0.05) is 30.1 Å². The van der Waals surface area contributed by atoms with Gasteiger partial charge in [0.25, 0.3) is 0 Å². The summed E-state index contributed by atoms with van der Waals surface area (Å²) in [4.78, 5) is 17.9. The number of amides is 1. The zero-order valence-electron chi connectivity index (χ0n) is 18.9. The number of aryl methyl sites for hydroxylation is 3. The molecule has 0 atom stereocenters. The van der Waals surface area contributed by atoms with Crippen LogP contribution in [-0.4, -0.2) is 36.7 Å². The third-order valence-electron chi connectivity index (χ3n) is 6.90. The van der Waals surface area contributed by atoms with Gasteiger partial charge in [0.05, 0.1) is 16.1 Å². The van der Waals surface area contributed by atoms with E-state index in [1.54, 1.807) is 6.07 Å². The summed E-state index contributed by atoms with van der Waals surface area (Å²) in [6, 6.07) is 15.3. The molecule has 0 saturated carbocycles. The Morgan fingerprint density at radius 1 is 1.00 bits per heavy atom. The maximum atomic E-state index is 13.2. The highest BCUT2D eigenvalue weighted by molar-refractivity contribution is 7.89. The first-order valence-electron chi connectivity index (χ1n) is 11.7. The predicted molar refractivity (Wildman–Crippen MR) is 130 cm³/mol. The van der Waals surface area contributed by atoms with Gasteiger partial charge in [-0.25, -0.2) is 8.42 Å². The number of fused-ring (bicyclic) bond motifs is 2. The zero-order chi connectivity index (χ0) is 23.0. The molecule has 172 valence electrons. The van der Waals surface area contributed by atoms with E-state index in [2.05, 4.69) is 10.3 Å². The molecule has 1 amide bonds. The Hall–Kier alpha value is -2.77. The summed E-state index contributed by atoms with van der Waals surface area (Å²) < 4.78 is 28.0. The molecule has 1 aromatic heterocycles. The van der Waals surface area contributed by atoms with Crippen LogP contribution >= 0.6 is 0 Å². The molecule has 2 aromatic carbocycles. The molecule has 3 aromatic rings. The minimum atomic E-state index is -3.55. The maximum absolute atomic E-state index is 13.2. The number of pyridine rings is 1. The largest absolute Gasteiger partial charge is 0.324 e. The Labute approximate surface area is 195 Å². The van der Waals surface area contributed by atoms with Crippen molar-refractivity contribution in [3.05, 3.63) is 65.4 Å². The molecular formula is C26H29N3O3S. The number of carbonyl (C=O) groups is 1. The lowest BCUT2D eigenvalue weighted by Crippen LogP contribution is -2.41. The second-order valence-electron chi connectivity index (χ2n) is 9.14. The summed E-state index contributed by atoms with van der Waals surface area (Å²) in [6.45, 7) is 2.63. The number of hydrogen-bond donors (Lipinski definition) is 1. The molecule has 0 bridgehead atoms. The van der Waals surface area contributed by atoms with E-state index >= 15 is 0 Å². The van der Waals surface area contributed by atoms with E-state index in [0.29, 0.717) is 36.5 Å². The van der Waals surface area contributed by atoms with Crippen LogP contribution in [0.4, 0.5) is 5.69 Å². The van der Waals surface area contributed by atoms with Gasteiger partial charge in [-0.2, -0.15) is 4.31 Å². The Morgan fingerprint density at radius 3 is 2.55 bits per heavy atom. The van der Waals surface area contributed by atoms with E-state index in [9.17, 15) is 13.2 Å². The lowest BCUT2D eigenvalue weighted by molar-refractivity contribution is -0.120. The van der Waals surface area contributed by atoms with Crippen molar-refractivity contribution in [2.24, 2.45) is 5.92 Å². The van der Waals surface area contributed by atoms with Crippen molar-refractivity contribution < 1.29 is 13.2 Å². The first kappa shape index (κ1) is 22.0. The molecule has 1 N–H and O–H groups in total. The molecule has 0 radical (unpaired) electrons. The normalized spacial score (nSPS) is 17.6. The van der Waals surface area contributed by atoms with Crippen LogP contribution in [0.5, 0.6) is 0 Å². The van der Waals surface area contributed by atoms with E-state index < -0.39 is 10.0 Å². The van der Waals surface area contributed by atoms with Crippen LogP contribution in [0.3, 0.4) is 0 Å². The third kappa shape index (κ3) is 4.39. The fraction of sp³-hybridized carbons (Fsp3) is 0.385. The molecular weight excluding hydrogens is 434 g/mol. The topological polar surface area (TPSA) is 79.4 Å². The van der Waals surface area contributed by atoms with Gasteiger partial charge in [-0.1, -0.05) is 24.3 Å². The number of para-hydroxylation sites is 1. The van der Waals surface area contributed by atoms with Crippen molar-refractivity contribution in [2.75, 3.05) is 18.4 Å². The van der Waals surface area contributed by atoms with Gasteiger partial charge in [-0.15, -0.1) is 0 Å². The highest BCUT2D eigenvalue weighted by Gasteiger charge is 2.32. The first-order chi connectivity index (χ1) is 15.9. The second-order valence-corrected chi connectivity index (χ2v) is 11.1. The van der Waals surface area contributed by atoms with E-state index in [0.717, 1.165) is 41.4 Å². The van der Waals surface area contributed by atoms with Crippen molar-refractivity contribution in [3.63, 3.8) is 0 Å². The number of aromatic nitrogens is 1. The van der Waals surface area contributed by atoms with E-state index in [1.807, 2.05) is 49.4 Å². The van der Waals surface area contributed by atoms with Crippen LogP contribution in [0.2, 0.25) is 0 Å². The van der Waals surface area contributed by atoms with E-state index in [1.165, 1.54) is 16.3 Å². The molecule has 1 aliphatic heterocycles. The monoisotopic (exact) mass is 463 g/mol. The van der Waals surface area contributed by atoms with Gasteiger partial charge >= 0.3 is 0 Å². The number of sulfonamides is 1. The van der Waals surface area contributed by atoms with E-state index in [-0.39, 0.29) is 11.8 Å². The standard InChI is InChI=1S/C26H29N3O3S/c1-18-9-10-20-7-4-8-24(25(20)27-18)28-26(30)21-13-15-29(16-14-21)33(31,32)23-12-11-19-5-2-3-6-22(19)17-23/h4,7-12,17,21H,2-3,5-6,13-16H2,1H3,(H,28,30). The summed E-state index contributed by atoms with van der Waals surface area (Å²) in [5.74, 6) is -0.295. The molecule has 1 fully saturated rings. The fourth-order valence-electron chi connectivity index (χ4n) is 4.96. The number of nitrogens with one attached hydrogen (secondary N) is 1. The number of rotatable bonds is 4. The average Bonchev–Trinajstić information content (AvgIpc) is 2.84. The highest BCUT2D eigenvalue weighted by atomic mass is 32.2. The summed E-state index contributed by atoms with van der Waals surface area (Å²) in [6.07, 6.45) is 5.28. The number of nitrogens with zero attached hydrogens (tertiary/aromatic N) is 2. The fourth-order valence-corrected chi connectivity index (χ4v) is 6.48. The number of piperidine rings is 1. The van der Waals surface area contributed by atoms with Crippen LogP contribution in [-0.2, 0) is 27.7 Å². The second kappa shape index (κ2) is 8.88. The first-order valence-corrected chi connectivity index (χ1v) is 13.1. The maximum Gasteiger partial charge on any atom is 0.243 e. The van der Waals surface area contributed by atoms with Gasteiger partial charge < -0.3 is 5.32 Å². The van der Waals surface area contributed by atoms with Crippen molar-refractivity contribution in [1.82, 2.24) is 9.29 Å². The van der Waals surface area contributed by atoms with Crippen molar-refractivity contribution in [1.29, 1.82) is 0 Å². The quantitative estimate of drug-likeness (QED) is 0.620. The molecule has 1 aliphatic carbocycles. The van der Waals surface area contributed by atoms with E-state index in [4.69, 9.17) is 0 Å². The molecule has 1 saturated heterocycles. The van der Waals surface area contributed by atoms with Crippen LogP contribution in [0.15, 0.2) is 53.4 Å². The summed E-state index contributed by atoms with van der Waals surface area (Å²) >= 11 is 0. The van der Waals surface area contributed by atoms with Crippen LogP contribution in [0.1, 0.15) is 42.5 Å².